The predicted octanol–water partition coefficient (Wildman–Crippen LogP) is -0.193. The van der Waals surface area contributed by atoms with E-state index in [1.165, 1.54) is 54.6 Å². The summed E-state index contributed by atoms with van der Waals surface area (Å²) in [5, 5.41) is 95.0. The normalized spacial score (nSPS) is 29.2. The van der Waals surface area contributed by atoms with Crippen molar-refractivity contribution in [2.45, 2.75) is 48.5 Å². The first-order valence-corrected chi connectivity index (χ1v) is 13.6. The van der Waals surface area contributed by atoms with Crippen molar-refractivity contribution >= 4 is 23.6 Å². The fourth-order valence-electron chi connectivity index (χ4n) is 5.30. The highest BCUT2D eigenvalue weighted by Gasteiger charge is 2.64. The molecule has 1 fully saturated rings. The lowest BCUT2D eigenvalue weighted by Crippen LogP contribution is -2.71. The SMILES string of the molecule is COC(=O)C[C@@H](C1=C(O)/C(=C(O)\C=C\c2ccc(O)cc2)C(=O)C(O)([C@@H]2O[C@H](CO)[C@@H](O)[C@H](O)[C@H]2O)C1=O)c1ccc(O)cc1. The highest BCUT2D eigenvalue weighted by atomic mass is 16.6. The Hall–Kier alpha value is -4.57. The van der Waals surface area contributed by atoms with Crippen molar-refractivity contribution in [2.24, 2.45) is 0 Å². The van der Waals surface area contributed by atoms with E-state index >= 15 is 0 Å². The second kappa shape index (κ2) is 13.2. The van der Waals surface area contributed by atoms with E-state index in [2.05, 4.69) is 0 Å². The Labute approximate surface area is 255 Å². The van der Waals surface area contributed by atoms with E-state index < -0.39 is 95.3 Å². The molecule has 1 heterocycles. The fraction of sp³-hybridized carbons (Fsp3) is 0.323. The second-order valence-corrected chi connectivity index (χ2v) is 10.5. The summed E-state index contributed by atoms with van der Waals surface area (Å²) in [5.74, 6) is -8.04. The smallest absolute Gasteiger partial charge is 0.306 e. The van der Waals surface area contributed by atoms with Crippen molar-refractivity contribution in [3.8, 4) is 11.5 Å². The number of methoxy groups -OCH3 is 1. The molecule has 2 aromatic carbocycles. The van der Waals surface area contributed by atoms with Crippen LogP contribution in [0.4, 0.5) is 0 Å². The minimum absolute atomic E-state index is 0.0589. The molecule has 14 nitrogen and oxygen atoms in total. The van der Waals surface area contributed by atoms with Gasteiger partial charge in [-0.1, -0.05) is 30.3 Å². The van der Waals surface area contributed by atoms with E-state index in [0.717, 1.165) is 13.2 Å². The van der Waals surface area contributed by atoms with Gasteiger partial charge in [0.25, 0.3) is 0 Å². The number of rotatable bonds is 8. The molecule has 4 rings (SSSR count). The Morgan fingerprint density at radius 1 is 0.933 bits per heavy atom. The number of hydrogen-bond donors (Lipinski definition) is 9. The number of aliphatic hydroxyl groups is 7. The van der Waals surface area contributed by atoms with Crippen molar-refractivity contribution in [2.75, 3.05) is 13.7 Å². The van der Waals surface area contributed by atoms with Gasteiger partial charge in [0.2, 0.25) is 17.2 Å². The molecular weight excluding hydrogens is 596 g/mol. The largest absolute Gasteiger partial charge is 0.508 e. The van der Waals surface area contributed by atoms with E-state index in [0.29, 0.717) is 5.56 Å². The summed E-state index contributed by atoms with van der Waals surface area (Å²) in [6.07, 6.45) is -8.87. The van der Waals surface area contributed by atoms with Gasteiger partial charge in [-0.15, -0.1) is 0 Å². The van der Waals surface area contributed by atoms with Crippen LogP contribution in [0.25, 0.3) is 6.08 Å². The van der Waals surface area contributed by atoms with E-state index in [-0.39, 0.29) is 17.1 Å². The number of benzene rings is 2. The maximum absolute atomic E-state index is 14.2. The second-order valence-electron chi connectivity index (χ2n) is 10.5. The van der Waals surface area contributed by atoms with E-state index in [1.807, 2.05) is 0 Å². The molecule has 0 saturated carbocycles. The molecule has 1 aliphatic heterocycles. The number of phenols is 2. The highest BCUT2D eigenvalue weighted by molar-refractivity contribution is 6.28. The van der Waals surface area contributed by atoms with Gasteiger partial charge in [0.1, 0.15) is 59.1 Å². The summed E-state index contributed by atoms with van der Waals surface area (Å²) in [5.41, 5.74) is -4.83. The zero-order chi connectivity index (χ0) is 33.2. The number of carbonyl (C=O) groups excluding carboxylic acids is 3. The Morgan fingerprint density at radius 2 is 1.51 bits per heavy atom. The molecule has 0 spiro atoms. The van der Waals surface area contributed by atoms with Gasteiger partial charge >= 0.3 is 5.97 Å². The molecule has 1 unspecified atom stereocenters. The zero-order valence-electron chi connectivity index (χ0n) is 23.7. The highest BCUT2D eigenvalue weighted by Crippen LogP contribution is 2.44. The van der Waals surface area contributed by atoms with Crippen molar-refractivity contribution < 1.29 is 69.8 Å². The van der Waals surface area contributed by atoms with Crippen molar-refractivity contribution in [1.29, 1.82) is 0 Å². The zero-order valence-corrected chi connectivity index (χ0v) is 23.7. The Balaban J connectivity index is 1.98. The number of phenolic OH excluding ortho intramolecular Hbond substituents is 2. The summed E-state index contributed by atoms with van der Waals surface area (Å²) in [4.78, 5) is 40.6. The third kappa shape index (κ3) is 6.20. The summed E-state index contributed by atoms with van der Waals surface area (Å²) in [6.45, 7) is -0.977. The van der Waals surface area contributed by atoms with Crippen molar-refractivity contribution in [3.63, 3.8) is 0 Å². The minimum atomic E-state index is -3.50. The van der Waals surface area contributed by atoms with Crippen molar-refractivity contribution in [3.05, 3.63) is 88.4 Å². The summed E-state index contributed by atoms with van der Waals surface area (Å²) in [7, 11) is 1.05. The van der Waals surface area contributed by atoms with Crippen LogP contribution in [0.2, 0.25) is 0 Å². The first-order valence-electron chi connectivity index (χ1n) is 13.6. The lowest BCUT2D eigenvalue weighted by molar-refractivity contribution is -0.260. The maximum Gasteiger partial charge on any atom is 0.306 e. The van der Waals surface area contributed by atoms with Crippen molar-refractivity contribution in [1.82, 2.24) is 0 Å². The average molecular weight is 629 g/mol. The number of carbonyl (C=O) groups is 3. The van der Waals surface area contributed by atoms with Crippen LogP contribution in [0.3, 0.4) is 0 Å². The number of ketones is 2. The third-order valence-corrected chi connectivity index (χ3v) is 7.79. The van der Waals surface area contributed by atoms with E-state index in [1.54, 1.807) is 0 Å². The average Bonchev–Trinajstić information content (AvgIpc) is 3.02. The monoisotopic (exact) mass is 628 g/mol. The molecule has 45 heavy (non-hydrogen) atoms. The molecule has 240 valence electrons. The lowest BCUT2D eigenvalue weighted by atomic mass is 9.67. The Bertz CT molecular complexity index is 1540. The van der Waals surface area contributed by atoms with Crippen LogP contribution in [0.5, 0.6) is 11.5 Å². The van der Waals surface area contributed by atoms with Crippen LogP contribution in [-0.4, -0.2) is 113 Å². The van der Waals surface area contributed by atoms with Gasteiger partial charge in [-0.2, -0.15) is 0 Å². The molecule has 1 saturated heterocycles. The van der Waals surface area contributed by atoms with Crippen LogP contribution in [0, 0.1) is 0 Å². The lowest BCUT2D eigenvalue weighted by Gasteiger charge is -2.47. The van der Waals surface area contributed by atoms with Gasteiger partial charge in [-0.05, 0) is 41.5 Å². The molecule has 7 atom stereocenters. The molecule has 2 aliphatic rings. The fourth-order valence-corrected chi connectivity index (χ4v) is 5.30. The van der Waals surface area contributed by atoms with Gasteiger partial charge in [-0.25, -0.2) is 0 Å². The predicted molar refractivity (Wildman–Crippen MR) is 153 cm³/mol. The summed E-state index contributed by atoms with van der Waals surface area (Å²) in [6, 6.07) is 10.5. The minimum Gasteiger partial charge on any atom is -0.508 e. The molecular formula is C31H32O14. The number of Topliss-reactive ketones (excluding diaryl/α,β-unsaturated/α-hetero) is 2. The number of aromatic hydroxyl groups is 2. The van der Waals surface area contributed by atoms with E-state index in [9.17, 15) is 60.3 Å². The molecule has 2 aromatic rings. The molecule has 9 N–H and O–H groups in total. The van der Waals surface area contributed by atoms with E-state index in [4.69, 9.17) is 9.47 Å². The van der Waals surface area contributed by atoms with Gasteiger partial charge in [-0.3, -0.25) is 14.4 Å². The molecule has 0 bridgehead atoms. The Kier molecular flexibility index (Phi) is 9.77. The molecule has 1 aliphatic carbocycles. The van der Waals surface area contributed by atoms with Gasteiger partial charge < -0.3 is 55.4 Å². The van der Waals surface area contributed by atoms with Gasteiger partial charge in [0, 0.05) is 11.5 Å². The number of allylic oxidation sites excluding steroid dienone is 2. The number of esters is 1. The third-order valence-electron chi connectivity index (χ3n) is 7.79. The molecule has 14 heteroatoms. The topological polar surface area (TPSA) is 252 Å². The number of hydrogen-bond acceptors (Lipinski definition) is 14. The number of aliphatic hydroxyl groups excluding tert-OH is 6. The van der Waals surface area contributed by atoms with Gasteiger partial charge in [0.05, 0.1) is 20.1 Å². The molecule has 0 radical (unpaired) electrons. The maximum atomic E-state index is 14.2. The van der Waals surface area contributed by atoms with Crippen LogP contribution >= 0.6 is 0 Å². The summed E-state index contributed by atoms with van der Waals surface area (Å²) < 4.78 is 10.1. The Morgan fingerprint density at radius 3 is 2.07 bits per heavy atom. The van der Waals surface area contributed by atoms with Crippen LogP contribution in [0.15, 0.2) is 77.3 Å². The number of ether oxygens (including phenoxy) is 2. The van der Waals surface area contributed by atoms with Crippen LogP contribution in [-0.2, 0) is 23.9 Å². The van der Waals surface area contributed by atoms with Crippen LogP contribution < -0.4 is 0 Å². The quantitative estimate of drug-likeness (QED) is 0.0795. The first-order chi connectivity index (χ1) is 21.3. The van der Waals surface area contributed by atoms with Gasteiger partial charge in [0.15, 0.2) is 0 Å². The summed E-state index contributed by atoms with van der Waals surface area (Å²) >= 11 is 0. The standard InChI is InChI=1S/C31H32O14/c1-44-21(36)12-18(15-5-9-17(34)10-6-15)22-25(38)23(19(35)11-4-14-2-7-16(33)8-3-14)29(42)31(43,28(22)41)30-27(40)26(39)24(37)20(13-32)45-30/h2-11,18,20,24,26-27,30,32-35,37-40,43H,12-13H2,1H3/b11-4+,23-19-/t18-,20-,24-,26+,27-,30-,31?/m1/s1. The molecule has 0 amide bonds. The van der Waals surface area contributed by atoms with Crippen LogP contribution in [0.1, 0.15) is 23.5 Å². The first kappa shape index (κ1) is 33.3. The molecule has 0 aromatic heterocycles.